The molecule has 21 heavy (non-hydrogen) atoms. The van der Waals surface area contributed by atoms with Crippen molar-refractivity contribution in [3.8, 4) is 0 Å². The van der Waals surface area contributed by atoms with Crippen LogP contribution in [0, 0.1) is 5.92 Å². The first-order chi connectivity index (χ1) is 9.81. The van der Waals surface area contributed by atoms with Crippen molar-refractivity contribution in [1.82, 2.24) is 10.0 Å². The van der Waals surface area contributed by atoms with Crippen LogP contribution < -0.4 is 10.0 Å². The van der Waals surface area contributed by atoms with Gasteiger partial charge in [-0.15, -0.1) is 11.3 Å². The van der Waals surface area contributed by atoms with Crippen LogP contribution in [0.4, 0.5) is 0 Å². The fraction of sp³-hybridized carbons (Fsp3) is 0.714. The summed E-state index contributed by atoms with van der Waals surface area (Å²) in [4.78, 5) is 1.37. The van der Waals surface area contributed by atoms with Crippen molar-refractivity contribution >= 4 is 37.3 Å². The summed E-state index contributed by atoms with van der Waals surface area (Å²) in [6.45, 7) is 9.79. The molecule has 122 valence electrons. The summed E-state index contributed by atoms with van der Waals surface area (Å²) >= 11 is 4.85. The maximum absolute atomic E-state index is 12.5. The zero-order valence-electron chi connectivity index (χ0n) is 13.1. The molecule has 0 saturated heterocycles. The van der Waals surface area contributed by atoms with E-state index in [-0.39, 0.29) is 12.0 Å². The molecule has 0 aromatic carbocycles. The Morgan fingerprint density at radius 1 is 1.33 bits per heavy atom. The van der Waals surface area contributed by atoms with Gasteiger partial charge in [0.15, 0.2) is 0 Å². The van der Waals surface area contributed by atoms with Gasteiger partial charge in [-0.2, -0.15) is 0 Å². The Morgan fingerprint density at radius 2 is 2.00 bits per heavy atom. The molecule has 0 spiro atoms. The standard InChI is InChI=1S/C14H25BrN2O2S2/c1-5-7-16-9-11-8-13(14(15)20-11)21(18,19)17-12(6-2)10(3)4/h8,10,12,16-17H,5-7,9H2,1-4H3. The molecule has 4 nitrogen and oxygen atoms in total. The van der Waals surface area contributed by atoms with E-state index in [9.17, 15) is 8.42 Å². The molecule has 0 amide bonds. The average molecular weight is 397 g/mol. The third-order valence-electron chi connectivity index (χ3n) is 3.27. The Balaban J connectivity index is 2.88. The van der Waals surface area contributed by atoms with Gasteiger partial charge in [-0.25, -0.2) is 13.1 Å². The summed E-state index contributed by atoms with van der Waals surface area (Å²) in [5, 5.41) is 3.29. The molecule has 0 radical (unpaired) electrons. The minimum Gasteiger partial charge on any atom is -0.312 e. The fourth-order valence-corrected chi connectivity index (χ4v) is 6.13. The van der Waals surface area contributed by atoms with Crippen LogP contribution in [0.1, 0.15) is 45.4 Å². The number of hydrogen-bond donors (Lipinski definition) is 2. The summed E-state index contributed by atoms with van der Waals surface area (Å²) in [6.07, 6.45) is 1.84. The molecule has 0 saturated carbocycles. The summed E-state index contributed by atoms with van der Waals surface area (Å²) < 4.78 is 28.5. The number of nitrogens with one attached hydrogen (secondary N) is 2. The molecule has 0 bridgehead atoms. The maximum Gasteiger partial charge on any atom is 0.242 e. The summed E-state index contributed by atoms with van der Waals surface area (Å²) in [7, 11) is -3.47. The topological polar surface area (TPSA) is 58.2 Å². The summed E-state index contributed by atoms with van der Waals surface area (Å²) in [5.74, 6) is 0.271. The quantitative estimate of drug-likeness (QED) is 0.625. The van der Waals surface area contributed by atoms with E-state index in [1.807, 2.05) is 20.8 Å². The zero-order chi connectivity index (χ0) is 16.0. The maximum atomic E-state index is 12.5. The summed E-state index contributed by atoms with van der Waals surface area (Å²) in [5.41, 5.74) is 0. The van der Waals surface area contributed by atoms with Gasteiger partial charge < -0.3 is 5.32 Å². The highest BCUT2D eigenvalue weighted by molar-refractivity contribution is 9.11. The molecular formula is C14H25BrN2O2S2. The van der Waals surface area contributed by atoms with E-state index in [0.29, 0.717) is 15.2 Å². The highest BCUT2D eigenvalue weighted by Gasteiger charge is 2.25. The molecule has 0 aliphatic rings. The van der Waals surface area contributed by atoms with Crippen LogP contribution >= 0.6 is 27.3 Å². The first-order valence-corrected chi connectivity index (χ1v) is 10.4. The predicted molar refractivity (Wildman–Crippen MR) is 93.3 cm³/mol. The van der Waals surface area contributed by atoms with Crippen LogP contribution in [0.3, 0.4) is 0 Å². The van der Waals surface area contributed by atoms with Crippen molar-refractivity contribution < 1.29 is 8.42 Å². The van der Waals surface area contributed by atoms with E-state index < -0.39 is 10.0 Å². The Kier molecular flexibility index (Phi) is 7.84. The van der Waals surface area contributed by atoms with Crippen LogP contribution in [0.25, 0.3) is 0 Å². The Morgan fingerprint density at radius 3 is 2.52 bits per heavy atom. The molecule has 1 heterocycles. The van der Waals surface area contributed by atoms with E-state index in [0.717, 1.165) is 24.3 Å². The van der Waals surface area contributed by atoms with Crippen LogP contribution in [-0.2, 0) is 16.6 Å². The fourth-order valence-electron chi connectivity index (χ4n) is 2.01. The van der Waals surface area contributed by atoms with Gasteiger partial charge in [0.25, 0.3) is 0 Å². The highest BCUT2D eigenvalue weighted by Crippen LogP contribution is 2.32. The van der Waals surface area contributed by atoms with Gasteiger partial charge >= 0.3 is 0 Å². The normalized spacial score (nSPS) is 13.8. The lowest BCUT2D eigenvalue weighted by atomic mass is 10.0. The Labute approximate surface area is 140 Å². The smallest absolute Gasteiger partial charge is 0.242 e. The molecule has 7 heteroatoms. The molecule has 1 aromatic rings. The third kappa shape index (κ3) is 5.63. The molecular weight excluding hydrogens is 372 g/mol. The lowest BCUT2D eigenvalue weighted by molar-refractivity contribution is 0.437. The van der Waals surface area contributed by atoms with Gasteiger partial charge in [-0.1, -0.05) is 27.7 Å². The van der Waals surface area contributed by atoms with Crippen molar-refractivity contribution in [1.29, 1.82) is 0 Å². The van der Waals surface area contributed by atoms with E-state index >= 15 is 0 Å². The number of sulfonamides is 1. The molecule has 1 unspecified atom stereocenters. The van der Waals surface area contributed by atoms with Gasteiger partial charge in [0.1, 0.15) is 4.90 Å². The Hall–Kier alpha value is 0.0500. The molecule has 0 aliphatic heterocycles. The van der Waals surface area contributed by atoms with E-state index in [2.05, 4.69) is 32.9 Å². The van der Waals surface area contributed by atoms with Crippen LogP contribution in [0.2, 0.25) is 0 Å². The predicted octanol–water partition coefficient (Wildman–Crippen LogP) is 3.72. The van der Waals surface area contributed by atoms with Gasteiger partial charge in [-0.05, 0) is 47.3 Å². The number of rotatable bonds is 9. The van der Waals surface area contributed by atoms with Crippen molar-refractivity contribution in [2.45, 2.75) is 58.0 Å². The largest absolute Gasteiger partial charge is 0.312 e. The SMILES string of the molecule is CCCNCc1cc(S(=O)(=O)NC(CC)C(C)C)c(Br)s1. The highest BCUT2D eigenvalue weighted by atomic mass is 79.9. The average Bonchev–Trinajstić information content (AvgIpc) is 2.78. The monoisotopic (exact) mass is 396 g/mol. The zero-order valence-corrected chi connectivity index (χ0v) is 16.3. The van der Waals surface area contributed by atoms with Crippen molar-refractivity contribution in [3.05, 3.63) is 14.7 Å². The van der Waals surface area contributed by atoms with E-state index in [4.69, 9.17) is 0 Å². The van der Waals surface area contributed by atoms with Crippen molar-refractivity contribution in [2.24, 2.45) is 5.92 Å². The number of hydrogen-bond acceptors (Lipinski definition) is 4. The summed E-state index contributed by atoms with van der Waals surface area (Å²) in [6, 6.07) is 1.72. The molecule has 1 rings (SSSR count). The molecule has 1 atom stereocenters. The lowest BCUT2D eigenvalue weighted by Gasteiger charge is -2.20. The molecule has 2 N–H and O–H groups in total. The van der Waals surface area contributed by atoms with E-state index in [1.165, 1.54) is 11.3 Å². The third-order valence-corrected chi connectivity index (χ3v) is 7.02. The minimum absolute atomic E-state index is 0.0385. The first-order valence-electron chi connectivity index (χ1n) is 7.33. The second-order valence-electron chi connectivity index (χ2n) is 5.41. The Bertz CT molecular complexity index is 541. The van der Waals surface area contributed by atoms with Crippen molar-refractivity contribution in [3.63, 3.8) is 0 Å². The molecule has 1 aromatic heterocycles. The van der Waals surface area contributed by atoms with Crippen molar-refractivity contribution in [2.75, 3.05) is 6.54 Å². The van der Waals surface area contributed by atoms with Gasteiger partial charge in [0.05, 0.1) is 3.79 Å². The van der Waals surface area contributed by atoms with Gasteiger partial charge in [0.2, 0.25) is 10.0 Å². The number of halogens is 1. The molecule has 0 fully saturated rings. The second-order valence-corrected chi connectivity index (χ2v) is 9.54. The van der Waals surface area contributed by atoms with Gasteiger partial charge in [-0.3, -0.25) is 0 Å². The minimum atomic E-state index is -3.47. The van der Waals surface area contributed by atoms with E-state index in [1.54, 1.807) is 6.07 Å². The lowest BCUT2D eigenvalue weighted by Crippen LogP contribution is -2.37. The van der Waals surface area contributed by atoms with Crippen LogP contribution in [0.15, 0.2) is 14.7 Å². The number of thiophene rings is 1. The second kappa shape index (κ2) is 8.62. The van der Waals surface area contributed by atoms with Crippen LogP contribution in [-0.4, -0.2) is 21.0 Å². The van der Waals surface area contributed by atoms with Gasteiger partial charge in [0, 0.05) is 17.5 Å². The van der Waals surface area contributed by atoms with Crippen LogP contribution in [0.5, 0.6) is 0 Å². The molecule has 0 aliphatic carbocycles. The first kappa shape index (κ1) is 19.1.